The predicted molar refractivity (Wildman–Crippen MR) is 140 cm³/mol. The van der Waals surface area contributed by atoms with E-state index in [1.54, 1.807) is 36.4 Å². The Hall–Kier alpha value is -4.02. The second-order valence-corrected chi connectivity index (χ2v) is 9.19. The van der Waals surface area contributed by atoms with Crippen LogP contribution in [0, 0.1) is 12.7 Å². The molecule has 1 aliphatic rings. The van der Waals surface area contributed by atoms with Gasteiger partial charge in [0.1, 0.15) is 17.1 Å². The number of urea groups is 1. The largest absolute Gasteiger partial charge is 0.483 e. The molecular formula is C26H18BrClFN3O5. The van der Waals surface area contributed by atoms with Crippen molar-refractivity contribution in [3.05, 3.63) is 92.7 Å². The van der Waals surface area contributed by atoms with Crippen LogP contribution in [0.15, 0.2) is 70.7 Å². The highest BCUT2D eigenvalue weighted by molar-refractivity contribution is 9.10. The maximum atomic E-state index is 13.3. The van der Waals surface area contributed by atoms with E-state index < -0.39 is 29.6 Å². The van der Waals surface area contributed by atoms with Crippen molar-refractivity contribution in [3.63, 3.8) is 0 Å². The molecule has 4 rings (SSSR count). The van der Waals surface area contributed by atoms with Gasteiger partial charge in [-0.3, -0.25) is 19.7 Å². The lowest BCUT2D eigenvalue weighted by molar-refractivity contribution is -0.122. The SMILES string of the molecule is Cc1ccc(NC(=O)COc2ccc(/C=C3\C(=O)NC(=O)N(c4ccc(F)cc4)C3=O)cc2Br)cc1Cl. The average Bonchev–Trinajstić information content (AvgIpc) is 2.84. The first-order valence-electron chi connectivity index (χ1n) is 10.8. The van der Waals surface area contributed by atoms with Crippen molar-refractivity contribution in [3.8, 4) is 5.75 Å². The summed E-state index contributed by atoms with van der Waals surface area (Å²) in [6.45, 7) is 1.58. The Bertz CT molecular complexity index is 1460. The second kappa shape index (κ2) is 10.9. The highest BCUT2D eigenvalue weighted by Gasteiger charge is 2.36. The van der Waals surface area contributed by atoms with Crippen LogP contribution in [0.2, 0.25) is 5.02 Å². The molecule has 1 fully saturated rings. The topological polar surface area (TPSA) is 105 Å². The summed E-state index contributed by atoms with van der Waals surface area (Å²) in [5.74, 6) is -2.30. The van der Waals surface area contributed by atoms with Crippen molar-refractivity contribution in [1.29, 1.82) is 0 Å². The summed E-state index contributed by atoms with van der Waals surface area (Å²) in [5, 5.41) is 5.32. The van der Waals surface area contributed by atoms with Crippen LogP contribution in [0.25, 0.3) is 6.08 Å². The number of benzene rings is 3. The monoisotopic (exact) mass is 585 g/mol. The van der Waals surface area contributed by atoms with Gasteiger partial charge in [0.2, 0.25) is 0 Å². The number of aryl methyl sites for hydroxylation is 1. The Kier molecular flexibility index (Phi) is 7.70. The van der Waals surface area contributed by atoms with Gasteiger partial charge in [0.15, 0.2) is 6.61 Å². The smallest absolute Gasteiger partial charge is 0.335 e. The average molecular weight is 587 g/mol. The second-order valence-electron chi connectivity index (χ2n) is 7.92. The molecule has 1 aliphatic heterocycles. The summed E-state index contributed by atoms with van der Waals surface area (Å²) in [6.07, 6.45) is 1.31. The fraction of sp³-hybridized carbons (Fsp3) is 0.0769. The van der Waals surface area contributed by atoms with Gasteiger partial charge in [-0.05, 0) is 88.6 Å². The normalized spacial score (nSPS) is 14.5. The number of anilines is 2. The van der Waals surface area contributed by atoms with Crippen LogP contribution < -0.4 is 20.3 Å². The highest BCUT2D eigenvalue weighted by Crippen LogP contribution is 2.28. The summed E-state index contributed by atoms with van der Waals surface area (Å²) in [7, 11) is 0. The molecule has 5 amide bonds. The number of barbiturate groups is 1. The summed E-state index contributed by atoms with van der Waals surface area (Å²) in [4.78, 5) is 50.6. The lowest BCUT2D eigenvalue weighted by Crippen LogP contribution is -2.54. The van der Waals surface area contributed by atoms with Gasteiger partial charge in [0.05, 0.1) is 10.2 Å². The summed E-state index contributed by atoms with van der Waals surface area (Å²) in [6, 6.07) is 13.6. The number of carbonyl (C=O) groups is 4. The van der Waals surface area contributed by atoms with E-state index in [0.29, 0.717) is 26.5 Å². The van der Waals surface area contributed by atoms with Crippen LogP contribution >= 0.6 is 27.5 Å². The summed E-state index contributed by atoms with van der Waals surface area (Å²) < 4.78 is 19.3. The van der Waals surface area contributed by atoms with Crippen LogP contribution in [-0.4, -0.2) is 30.4 Å². The van der Waals surface area contributed by atoms with E-state index in [4.69, 9.17) is 16.3 Å². The van der Waals surface area contributed by atoms with Crippen molar-refractivity contribution in [2.24, 2.45) is 0 Å². The maximum Gasteiger partial charge on any atom is 0.335 e. The molecule has 0 spiro atoms. The number of ether oxygens (including phenoxy) is 1. The van der Waals surface area contributed by atoms with Crippen molar-refractivity contribution in [1.82, 2.24) is 5.32 Å². The molecule has 0 atom stereocenters. The third-order valence-corrected chi connectivity index (χ3v) is 6.29. The van der Waals surface area contributed by atoms with Gasteiger partial charge in [-0.25, -0.2) is 14.1 Å². The van der Waals surface area contributed by atoms with Gasteiger partial charge >= 0.3 is 6.03 Å². The third kappa shape index (κ3) is 6.04. The molecule has 0 unspecified atom stereocenters. The van der Waals surface area contributed by atoms with Crippen LogP contribution in [0.3, 0.4) is 0 Å². The van der Waals surface area contributed by atoms with Gasteiger partial charge in [-0.1, -0.05) is 23.7 Å². The van der Waals surface area contributed by atoms with E-state index in [1.807, 2.05) is 6.92 Å². The van der Waals surface area contributed by atoms with E-state index in [-0.39, 0.29) is 17.9 Å². The van der Waals surface area contributed by atoms with Gasteiger partial charge in [-0.2, -0.15) is 0 Å². The minimum Gasteiger partial charge on any atom is -0.483 e. The van der Waals surface area contributed by atoms with E-state index in [2.05, 4.69) is 26.6 Å². The molecule has 3 aromatic carbocycles. The van der Waals surface area contributed by atoms with Crippen LogP contribution in [0.1, 0.15) is 11.1 Å². The minimum absolute atomic E-state index is 0.110. The van der Waals surface area contributed by atoms with Gasteiger partial charge < -0.3 is 10.1 Å². The number of hydrogen-bond donors (Lipinski definition) is 2. The first kappa shape index (κ1) is 26.1. The molecule has 0 radical (unpaired) electrons. The number of halogens is 3. The van der Waals surface area contributed by atoms with Gasteiger partial charge in [0.25, 0.3) is 17.7 Å². The number of nitrogens with one attached hydrogen (secondary N) is 2. The molecule has 0 bridgehead atoms. The standard InChI is InChI=1S/C26H18BrClFN3O5/c1-14-2-6-17(12-21(14)28)30-23(33)13-37-22-9-3-15(11-20(22)27)10-19-24(34)31-26(36)32(25(19)35)18-7-4-16(29)5-8-18/h2-12H,13H2,1H3,(H,30,33)(H,31,34,36)/b19-10+. The maximum absolute atomic E-state index is 13.3. The molecule has 37 heavy (non-hydrogen) atoms. The number of hydrogen-bond acceptors (Lipinski definition) is 5. The Morgan fingerprint density at radius 2 is 1.84 bits per heavy atom. The Morgan fingerprint density at radius 1 is 1.11 bits per heavy atom. The molecular weight excluding hydrogens is 569 g/mol. The molecule has 0 aliphatic carbocycles. The lowest BCUT2D eigenvalue weighted by atomic mass is 10.1. The van der Waals surface area contributed by atoms with E-state index in [1.165, 1.54) is 18.2 Å². The summed E-state index contributed by atoms with van der Waals surface area (Å²) in [5.41, 5.74) is 1.69. The van der Waals surface area contributed by atoms with Crippen LogP contribution in [0.5, 0.6) is 5.75 Å². The molecule has 1 heterocycles. The van der Waals surface area contributed by atoms with Crippen LogP contribution in [-0.2, 0) is 14.4 Å². The fourth-order valence-corrected chi connectivity index (χ4v) is 4.08. The molecule has 3 aromatic rings. The van der Waals surface area contributed by atoms with Crippen LogP contribution in [0.4, 0.5) is 20.6 Å². The predicted octanol–water partition coefficient (Wildman–Crippen LogP) is 5.23. The Labute approximate surface area is 224 Å². The molecule has 188 valence electrons. The Balaban J connectivity index is 1.46. The number of rotatable bonds is 6. The highest BCUT2D eigenvalue weighted by atomic mass is 79.9. The van der Waals surface area contributed by atoms with Gasteiger partial charge in [-0.15, -0.1) is 0 Å². The Morgan fingerprint density at radius 3 is 2.51 bits per heavy atom. The molecule has 1 saturated heterocycles. The molecule has 8 nitrogen and oxygen atoms in total. The number of imide groups is 2. The molecule has 2 N–H and O–H groups in total. The number of nitrogens with zero attached hydrogens (tertiary/aromatic N) is 1. The van der Waals surface area contributed by atoms with Crippen molar-refractivity contribution in [2.75, 3.05) is 16.8 Å². The number of carbonyl (C=O) groups excluding carboxylic acids is 4. The van der Waals surface area contributed by atoms with Gasteiger partial charge in [0, 0.05) is 10.7 Å². The third-order valence-electron chi connectivity index (χ3n) is 5.27. The molecule has 11 heteroatoms. The van der Waals surface area contributed by atoms with Crippen molar-refractivity contribution in [2.45, 2.75) is 6.92 Å². The zero-order valence-electron chi connectivity index (χ0n) is 19.2. The van der Waals surface area contributed by atoms with Crippen molar-refractivity contribution < 1.29 is 28.3 Å². The van der Waals surface area contributed by atoms with Crippen molar-refractivity contribution >= 4 is 68.7 Å². The molecule has 0 aromatic heterocycles. The quantitative estimate of drug-likeness (QED) is 0.304. The lowest BCUT2D eigenvalue weighted by Gasteiger charge is -2.26. The van der Waals surface area contributed by atoms with E-state index in [0.717, 1.165) is 22.6 Å². The first-order valence-corrected chi connectivity index (χ1v) is 11.9. The van der Waals surface area contributed by atoms with E-state index >= 15 is 0 Å². The number of amides is 5. The zero-order valence-corrected chi connectivity index (χ0v) is 21.5. The molecule has 0 saturated carbocycles. The summed E-state index contributed by atoms with van der Waals surface area (Å²) >= 11 is 9.43. The van der Waals surface area contributed by atoms with E-state index in [9.17, 15) is 23.6 Å². The fourth-order valence-electron chi connectivity index (χ4n) is 3.38. The minimum atomic E-state index is -0.935. The zero-order chi connectivity index (χ0) is 26.7. The first-order chi connectivity index (χ1) is 17.6.